The van der Waals surface area contributed by atoms with Crippen LogP contribution in [0.4, 0.5) is 5.69 Å². The van der Waals surface area contributed by atoms with Crippen molar-refractivity contribution < 1.29 is 17.0 Å². The van der Waals surface area contributed by atoms with Crippen LogP contribution in [0.15, 0.2) is 54.9 Å². The zero-order valence-electron chi connectivity index (χ0n) is 14.2. The van der Waals surface area contributed by atoms with Crippen LogP contribution in [0.5, 0.6) is 0 Å². The van der Waals surface area contributed by atoms with Gasteiger partial charge in [-0.2, -0.15) is 0 Å². The summed E-state index contributed by atoms with van der Waals surface area (Å²) in [4.78, 5) is 0. The third-order valence-corrected chi connectivity index (χ3v) is 3.96. The van der Waals surface area contributed by atoms with E-state index in [1.165, 1.54) is 49.8 Å². The first-order valence-corrected chi connectivity index (χ1v) is 8.65. The molecule has 0 saturated carbocycles. The molecule has 23 heavy (non-hydrogen) atoms. The fraction of sp³-hybridized carbons (Fsp3) is 0.450. The predicted molar refractivity (Wildman–Crippen MR) is 94.0 cm³/mol. The molecular formula is C20H29ClN2. The minimum atomic E-state index is 0. The highest BCUT2D eigenvalue weighted by Crippen LogP contribution is 2.10. The molecule has 1 aromatic heterocycles. The molecule has 1 heterocycles. The highest BCUT2D eigenvalue weighted by Gasteiger charge is 2.01. The molecule has 0 aliphatic heterocycles. The highest BCUT2D eigenvalue weighted by atomic mass is 35.5. The van der Waals surface area contributed by atoms with Gasteiger partial charge in [-0.25, -0.2) is 4.57 Å². The van der Waals surface area contributed by atoms with E-state index in [1.54, 1.807) is 0 Å². The number of nitrogens with one attached hydrogen (secondary N) is 1. The summed E-state index contributed by atoms with van der Waals surface area (Å²) in [6, 6.07) is 15.0. The molecule has 2 rings (SSSR count). The molecule has 1 aromatic carbocycles. The fourth-order valence-electron chi connectivity index (χ4n) is 2.62. The van der Waals surface area contributed by atoms with Crippen LogP contribution < -0.4 is 22.3 Å². The van der Waals surface area contributed by atoms with Crippen molar-refractivity contribution in [3.05, 3.63) is 60.4 Å². The molecule has 126 valence electrons. The van der Waals surface area contributed by atoms with Gasteiger partial charge in [0.25, 0.3) is 0 Å². The van der Waals surface area contributed by atoms with Gasteiger partial charge in [0, 0.05) is 29.9 Å². The van der Waals surface area contributed by atoms with Gasteiger partial charge in [0.15, 0.2) is 18.9 Å². The van der Waals surface area contributed by atoms with Crippen molar-refractivity contribution in [2.75, 3.05) is 11.9 Å². The first-order valence-electron chi connectivity index (χ1n) is 8.65. The summed E-state index contributed by atoms with van der Waals surface area (Å²) < 4.78 is 2.19. The predicted octanol–water partition coefficient (Wildman–Crippen LogP) is 1.80. The molecule has 0 aliphatic carbocycles. The summed E-state index contributed by atoms with van der Waals surface area (Å²) in [5, 5.41) is 3.52. The van der Waals surface area contributed by atoms with E-state index >= 15 is 0 Å². The van der Waals surface area contributed by atoms with Crippen molar-refractivity contribution in [1.29, 1.82) is 0 Å². The van der Waals surface area contributed by atoms with Crippen LogP contribution in [0.25, 0.3) is 0 Å². The number of pyridine rings is 1. The van der Waals surface area contributed by atoms with Crippen molar-refractivity contribution in [2.45, 2.75) is 52.0 Å². The third-order valence-electron chi connectivity index (χ3n) is 3.96. The number of hydrogen-bond donors (Lipinski definition) is 1. The maximum atomic E-state index is 3.52. The first-order chi connectivity index (χ1) is 10.9. The van der Waals surface area contributed by atoms with Crippen molar-refractivity contribution >= 4 is 5.69 Å². The SMILES string of the molecule is CCCCCCCCNc1ccc(C[n+]2ccccc2)cc1.[Cl-]. The van der Waals surface area contributed by atoms with Crippen LogP contribution in [-0.4, -0.2) is 6.54 Å². The summed E-state index contributed by atoms with van der Waals surface area (Å²) in [7, 11) is 0. The Labute approximate surface area is 147 Å². The lowest BCUT2D eigenvalue weighted by Gasteiger charge is -2.07. The lowest BCUT2D eigenvalue weighted by molar-refractivity contribution is -0.688. The normalized spacial score (nSPS) is 10.1. The number of benzene rings is 1. The standard InChI is InChI=1S/C20H29N2.ClH/c1-2-3-4-5-6-8-15-21-20-13-11-19(12-14-20)18-22-16-9-7-10-17-22;/h7,9-14,16-17,21H,2-6,8,15,18H2,1H3;1H/q+1;/p-1. The van der Waals surface area contributed by atoms with Gasteiger partial charge < -0.3 is 17.7 Å². The van der Waals surface area contributed by atoms with E-state index in [0.717, 1.165) is 13.1 Å². The van der Waals surface area contributed by atoms with Crippen molar-refractivity contribution in [3.8, 4) is 0 Å². The van der Waals surface area contributed by atoms with Gasteiger partial charge in [0.1, 0.15) is 0 Å². The summed E-state index contributed by atoms with van der Waals surface area (Å²) in [5.74, 6) is 0. The smallest absolute Gasteiger partial charge is 0.173 e. The molecule has 0 fully saturated rings. The van der Waals surface area contributed by atoms with Crippen LogP contribution in [0.1, 0.15) is 51.0 Å². The van der Waals surface area contributed by atoms with E-state index < -0.39 is 0 Å². The lowest BCUT2D eigenvalue weighted by atomic mass is 10.1. The number of halogens is 1. The molecule has 0 unspecified atom stereocenters. The molecule has 0 bridgehead atoms. The molecule has 0 saturated heterocycles. The topological polar surface area (TPSA) is 15.9 Å². The molecule has 0 atom stereocenters. The summed E-state index contributed by atoms with van der Waals surface area (Å²) >= 11 is 0. The molecule has 2 nitrogen and oxygen atoms in total. The third kappa shape index (κ3) is 8.03. The van der Waals surface area contributed by atoms with Crippen LogP contribution in [0.2, 0.25) is 0 Å². The molecule has 2 aromatic rings. The van der Waals surface area contributed by atoms with Gasteiger partial charge in [-0.15, -0.1) is 0 Å². The second kappa shape index (κ2) is 12.0. The number of unbranched alkanes of at least 4 members (excludes halogenated alkanes) is 5. The Bertz CT molecular complexity index is 511. The summed E-state index contributed by atoms with van der Waals surface area (Å²) in [6.07, 6.45) is 12.3. The average Bonchev–Trinajstić information content (AvgIpc) is 2.56. The Morgan fingerprint density at radius 1 is 0.826 bits per heavy atom. The Morgan fingerprint density at radius 2 is 1.48 bits per heavy atom. The van der Waals surface area contributed by atoms with Gasteiger partial charge in [-0.05, 0) is 18.6 Å². The zero-order valence-corrected chi connectivity index (χ0v) is 14.9. The first kappa shape index (κ1) is 19.5. The number of rotatable bonds is 10. The van der Waals surface area contributed by atoms with Gasteiger partial charge in [-0.3, -0.25) is 0 Å². The molecule has 0 amide bonds. The summed E-state index contributed by atoms with van der Waals surface area (Å²) in [6.45, 7) is 4.28. The molecule has 3 heteroatoms. The molecule has 0 spiro atoms. The summed E-state index contributed by atoms with van der Waals surface area (Å²) in [5.41, 5.74) is 2.57. The van der Waals surface area contributed by atoms with Gasteiger partial charge in [0.2, 0.25) is 0 Å². The van der Waals surface area contributed by atoms with E-state index in [-0.39, 0.29) is 12.4 Å². The number of nitrogens with zero attached hydrogens (tertiary/aromatic N) is 1. The maximum absolute atomic E-state index is 3.52. The van der Waals surface area contributed by atoms with Gasteiger partial charge in [0.05, 0.1) is 0 Å². The van der Waals surface area contributed by atoms with Crippen molar-refractivity contribution in [2.24, 2.45) is 0 Å². The molecule has 0 aliphatic rings. The van der Waals surface area contributed by atoms with Gasteiger partial charge in [-0.1, -0.05) is 57.2 Å². The van der Waals surface area contributed by atoms with E-state index in [9.17, 15) is 0 Å². The Morgan fingerprint density at radius 3 is 2.17 bits per heavy atom. The highest BCUT2D eigenvalue weighted by molar-refractivity contribution is 5.44. The molecular weight excluding hydrogens is 304 g/mol. The average molecular weight is 333 g/mol. The van der Waals surface area contributed by atoms with E-state index in [1.807, 2.05) is 6.07 Å². The maximum Gasteiger partial charge on any atom is 0.173 e. The second-order valence-electron chi connectivity index (χ2n) is 5.94. The number of hydrogen-bond acceptors (Lipinski definition) is 1. The minimum Gasteiger partial charge on any atom is -1.00 e. The Balaban J connectivity index is 0.00000264. The van der Waals surface area contributed by atoms with E-state index in [0.29, 0.717) is 0 Å². The van der Waals surface area contributed by atoms with Crippen molar-refractivity contribution in [3.63, 3.8) is 0 Å². The zero-order chi connectivity index (χ0) is 15.5. The Hall–Kier alpha value is -1.54. The molecule has 1 N–H and O–H groups in total. The molecule has 0 radical (unpaired) electrons. The van der Waals surface area contributed by atoms with Crippen LogP contribution in [-0.2, 0) is 6.54 Å². The van der Waals surface area contributed by atoms with Crippen molar-refractivity contribution in [1.82, 2.24) is 0 Å². The van der Waals surface area contributed by atoms with E-state index in [4.69, 9.17) is 0 Å². The van der Waals surface area contributed by atoms with Crippen LogP contribution >= 0.6 is 0 Å². The minimum absolute atomic E-state index is 0. The number of anilines is 1. The number of aromatic nitrogens is 1. The van der Waals surface area contributed by atoms with Crippen LogP contribution in [0.3, 0.4) is 0 Å². The van der Waals surface area contributed by atoms with Crippen LogP contribution in [0, 0.1) is 0 Å². The Kier molecular flexibility index (Phi) is 10.1. The van der Waals surface area contributed by atoms with E-state index in [2.05, 4.69) is 65.6 Å². The lowest BCUT2D eigenvalue weighted by Crippen LogP contribution is -3.00. The fourth-order valence-corrected chi connectivity index (χ4v) is 2.62. The quantitative estimate of drug-likeness (QED) is 0.518. The largest absolute Gasteiger partial charge is 1.00 e. The monoisotopic (exact) mass is 332 g/mol. The second-order valence-corrected chi connectivity index (χ2v) is 5.94. The van der Waals surface area contributed by atoms with Gasteiger partial charge >= 0.3 is 0 Å².